The predicted molar refractivity (Wildman–Crippen MR) is 77.5 cm³/mol. The number of nitrogens with zero attached hydrogens (tertiary/aromatic N) is 2. The second-order valence-corrected chi connectivity index (χ2v) is 5.23. The maximum absolute atomic E-state index is 10.2. The van der Waals surface area contributed by atoms with E-state index in [1.807, 2.05) is 36.0 Å². The van der Waals surface area contributed by atoms with Crippen LogP contribution in [0.3, 0.4) is 0 Å². The third-order valence-electron chi connectivity index (χ3n) is 3.19. The molecule has 4 heteroatoms. The van der Waals surface area contributed by atoms with Crippen molar-refractivity contribution in [2.24, 2.45) is 7.05 Å². The minimum absolute atomic E-state index is 0.418. The molecule has 3 nitrogen and oxygen atoms in total. The van der Waals surface area contributed by atoms with E-state index >= 15 is 0 Å². The molecular weight excluding hydrogens is 260 g/mol. The van der Waals surface area contributed by atoms with Crippen LogP contribution in [-0.4, -0.2) is 21.0 Å². The Hall–Kier alpha value is -1.32. The minimum atomic E-state index is -0.418. The van der Waals surface area contributed by atoms with E-state index in [9.17, 15) is 5.11 Å². The topological polar surface area (TPSA) is 38.0 Å². The molecular formula is C15H19ClN2O. The van der Waals surface area contributed by atoms with E-state index in [2.05, 4.69) is 18.1 Å². The third kappa shape index (κ3) is 3.82. The molecule has 0 aliphatic heterocycles. The average molecular weight is 279 g/mol. The molecule has 1 aromatic carbocycles. The molecule has 1 heterocycles. The lowest BCUT2D eigenvalue weighted by molar-refractivity contribution is 0.173. The van der Waals surface area contributed by atoms with Gasteiger partial charge in [0.15, 0.2) is 0 Å². The summed E-state index contributed by atoms with van der Waals surface area (Å²) in [6.07, 6.45) is 1.71. The molecule has 0 spiro atoms. The predicted octanol–water partition coefficient (Wildman–Crippen LogP) is 2.78. The summed E-state index contributed by atoms with van der Waals surface area (Å²) in [6, 6.07) is 9.68. The van der Waals surface area contributed by atoms with E-state index in [-0.39, 0.29) is 0 Å². The summed E-state index contributed by atoms with van der Waals surface area (Å²) in [5.74, 6) is 0. The number of benzene rings is 1. The van der Waals surface area contributed by atoms with Gasteiger partial charge in [-0.3, -0.25) is 4.68 Å². The lowest BCUT2D eigenvalue weighted by Crippen LogP contribution is -2.16. The smallest absolute Gasteiger partial charge is 0.0635 e. The SMILES string of the molecule is CCc1cc(CC(O)Cc2cccc(Cl)c2)n(C)n1. The quantitative estimate of drug-likeness (QED) is 0.913. The number of halogens is 1. The second-order valence-electron chi connectivity index (χ2n) is 4.80. The lowest BCUT2D eigenvalue weighted by Gasteiger charge is -2.11. The molecule has 0 aliphatic rings. The summed E-state index contributed by atoms with van der Waals surface area (Å²) < 4.78 is 1.85. The molecule has 2 rings (SSSR count). The van der Waals surface area contributed by atoms with Crippen molar-refractivity contribution in [2.75, 3.05) is 0 Å². The number of hydrogen-bond donors (Lipinski definition) is 1. The molecule has 1 unspecified atom stereocenters. The van der Waals surface area contributed by atoms with Crippen LogP contribution in [0.25, 0.3) is 0 Å². The zero-order valence-electron chi connectivity index (χ0n) is 11.3. The maximum atomic E-state index is 10.2. The number of aromatic nitrogens is 2. The molecule has 0 aliphatic carbocycles. The van der Waals surface area contributed by atoms with Gasteiger partial charge in [0.1, 0.15) is 0 Å². The highest BCUT2D eigenvalue weighted by molar-refractivity contribution is 6.30. The van der Waals surface area contributed by atoms with Crippen molar-refractivity contribution < 1.29 is 5.11 Å². The Morgan fingerprint density at radius 3 is 2.74 bits per heavy atom. The van der Waals surface area contributed by atoms with Gasteiger partial charge in [-0.1, -0.05) is 30.7 Å². The fourth-order valence-corrected chi connectivity index (χ4v) is 2.40. The highest BCUT2D eigenvalue weighted by Gasteiger charge is 2.11. The molecule has 1 aromatic heterocycles. The number of hydrogen-bond acceptors (Lipinski definition) is 2. The van der Waals surface area contributed by atoms with Crippen LogP contribution in [0, 0.1) is 0 Å². The highest BCUT2D eigenvalue weighted by Crippen LogP contribution is 2.14. The third-order valence-corrected chi connectivity index (χ3v) is 3.43. The summed E-state index contributed by atoms with van der Waals surface area (Å²) >= 11 is 5.94. The molecule has 0 bridgehead atoms. The molecule has 2 aromatic rings. The molecule has 1 atom stereocenters. The molecule has 0 saturated heterocycles. The Kier molecular flexibility index (Phi) is 4.61. The first-order chi connectivity index (χ1) is 9.08. The molecule has 0 radical (unpaired) electrons. The first kappa shape index (κ1) is 14.1. The summed E-state index contributed by atoms with van der Waals surface area (Å²) in [6.45, 7) is 2.08. The largest absolute Gasteiger partial charge is 0.392 e. The Labute approximate surface area is 118 Å². The molecule has 19 heavy (non-hydrogen) atoms. The monoisotopic (exact) mass is 278 g/mol. The van der Waals surface area contributed by atoms with E-state index < -0.39 is 6.10 Å². The van der Waals surface area contributed by atoms with Crippen LogP contribution in [0.4, 0.5) is 0 Å². The summed E-state index contributed by atoms with van der Waals surface area (Å²) in [7, 11) is 1.92. The molecule has 1 N–H and O–H groups in total. The van der Waals surface area contributed by atoms with Gasteiger partial charge in [0.25, 0.3) is 0 Å². The van der Waals surface area contributed by atoms with Gasteiger partial charge in [0.05, 0.1) is 11.8 Å². The van der Waals surface area contributed by atoms with E-state index in [0.29, 0.717) is 17.9 Å². The Bertz CT molecular complexity index is 551. The zero-order chi connectivity index (χ0) is 13.8. The van der Waals surface area contributed by atoms with Crippen LogP contribution in [0.2, 0.25) is 5.02 Å². The Balaban J connectivity index is 2.00. The fourth-order valence-electron chi connectivity index (χ4n) is 2.18. The molecule has 102 valence electrons. The van der Waals surface area contributed by atoms with Crippen LogP contribution in [-0.2, 0) is 26.3 Å². The van der Waals surface area contributed by atoms with Gasteiger partial charge in [-0.05, 0) is 36.6 Å². The van der Waals surface area contributed by atoms with Crippen molar-refractivity contribution in [1.29, 1.82) is 0 Å². The van der Waals surface area contributed by atoms with Crippen LogP contribution in [0.1, 0.15) is 23.9 Å². The lowest BCUT2D eigenvalue weighted by atomic mass is 10.0. The number of aliphatic hydroxyl groups is 1. The number of aryl methyl sites for hydroxylation is 2. The standard InChI is InChI=1S/C15H19ClN2O/c1-3-13-9-14(18(2)17-13)10-15(19)8-11-5-4-6-12(16)7-11/h4-7,9,15,19H,3,8,10H2,1-2H3. The van der Waals surface area contributed by atoms with E-state index in [1.54, 1.807) is 0 Å². The maximum Gasteiger partial charge on any atom is 0.0635 e. The van der Waals surface area contributed by atoms with Gasteiger partial charge in [0, 0.05) is 24.2 Å². The van der Waals surface area contributed by atoms with E-state index in [1.165, 1.54) is 0 Å². The summed E-state index contributed by atoms with van der Waals surface area (Å²) in [5.41, 5.74) is 3.18. The summed E-state index contributed by atoms with van der Waals surface area (Å²) in [5, 5.41) is 15.3. The molecule has 0 fully saturated rings. The Morgan fingerprint density at radius 2 is 2.11 bits per heavy atom. The van der Waals surface area contributed by atoms with Crippen molar-refractivity contribution >= 4 is 11.6 Å². The van der Waals surface area contributed by atoms with Gasteiger partial charge < -0.3 is 5.11 Å². The van der Waals surface area contributed by atoms with Crippen molar-refractivity contribution in [3.05, 3.63) is 52.3 Å². The number of rotatable bonds is 5. The van der Waals surface area contributed by atoms with Crippen LogP contribution >= 0.6 is 11.6 Å². The van der Waals surface area contributed by atoms with Crippen LogP contribution in [0.15, 0.2) is 30.3 Å². The van der Waals surface area contributed by atoms with Crippen molar-refractivity contribution in [3.63, 3.8) is 0 Å². The van der Waals surface area contributed by atoms with Gasteiger partial charge in [-0.2, -0.15) is 5.10 Å². The van der Waals surface area contributed by atoms with Gasteiger partial charge in [-0.25, -0.2) is 0 Å². The van der Waals surface area contributed by atoms with Gasteiger partial charge >= 0.3 is 0 Å². The first-order valence-electron chi connectivity index (χ1n) is 6.52. The van der Waals surface area contributed by atoms with Crippen molar-refractivity contribution in [1.82, 2.24) is 9.78 Å². The van der Waals surface area contributed by atoms with E-state index in [4.69, 9.17) is 11.6 Å². The van der Waals surface area contributed by atoms with Crippen molar-refractivity contribution in [2.45, 2.75) is 32.3 Å². The van der Waals surface area contributed by atoms with Gasteiger partial charge in [-0.15, -0.1) is 0 Å². The van der Waals surface area contributed by atoms with Gasteiger partial charge in [0.2, 0.25) is 0 Å². The first-order valence-corrected chi connectivity index (χ1v) is 6.90. The molecule has 0 saturated carbocycles. The minimum Gasteiger partial charge on any atom is -0.392 e. The van der Waals surface area contributed by atoms with Crippen LogP contribution in [0.5, 0.6) is 0 Å². The summed E-state index contributed by atoms with van der Waals surface area (Å²) in [4.78, 5) is 0. The highest BCUT2D eigenvalue weighted by atomic mass is 35.5. The fraction of sp³-hybridized carbons (Fsp3) is 0.400. The van der Waals surface area contributed by atoms with Crippen LogP contribution < -0.4 is 0 Å². The van der Waals surface area contributed by atoms with E-state index in [0.717, 1.165) is 23.4 Å². The number of aliphatic hydroxyl groups excluding tert-OH is 1. The molecule has 0 amide bonds. The van der Waals surface area contributed by atoms with Crippen molar-refractivity contribution in [3.8, 4) is 0 Å². The zero-order valence-corrected chi connectivity index (χ0v) is 12.1. The Morgan fingerprint density at radius 1 is 1.32 bits per heavy atom. The normalized spacial score (nSPS) is 12.6. The second kappa shape index (κ2) is 6.22. The average Bonchev–Trinajstić information content (AvgIpc) is 2.70.